The molecule has 0 unspecified atom stereocenters. The van der Waals surface area contributed by atoms with Crippen LogP contribution in [-0.2, 0) is 6.18 Å². The van der Waals surface area contributed by atoms with Gasteiger partial charge in [-0.3, -0.25) is 4.79 Å². The predicted molar refractivity (Wildman–Crippen MR) is 75.2 cm³/mol. The zero-order valence-electron chi connectivity index (χ0n) is 10.4. The molecule has 2 aromatic carbocycles. The highest BCUT2D eigenvalue weighted by molar-refractivity contribution is 9.10. The van der Waals surface area contributed by atoms with E-state index in [2.05, 4.69) is 21.2 Å². The number of halogens is 4. The Hall–Kier alpha value is -2.02. The first-order chi connectivity index (χ1) is 9.77. The number of aromatic hydroxyl groups is 1. The third kappa shape index (κ3) is 3.75. The molecule has 2 rings (SSSR count). The average Bonchev–Trinajstić information content (AvgIpc) is 2.37. The van der Waals surface area contributed by atoms with Gasteiger partial charge < -0.3 is 10.4 Å². The number of carbonyl (C=O) groups is 1. The van der Waals surface area contributed by atoms with E-state index in [1.807, 2.05) is 0 Å². The van der Waals surface area contributed by atoms with Crippen LogP contribution in [0.25, 0.3) is 0 Å². The van der Waals surface area contributed by atoms with Crippen molar-refractivity contribution in [3.8, 4) is 5.75 Å². The molecule has 1 amide bonds. The highest BCUT2D eigenvalue weighted by Gasteiger charge is 2.35. The number of rotatable bonds is 2. The summed E-state index contributed by atoms with van der Waals surface area (Å²) in [6, 6.07) is 8.84. The van der Waals surface area contributed by atoms with Gasteiger partial charge in [-0.1, -0.05) is 22.0 Å². The quantitative estimate of drug-likeness (QED) is 0.833. The molecular weight excluding hydrogens is 351 g/mol. The molecule has 2 N–H and O–H groups in total. The van der Waals surface area contributed by atoms with Crippen LogP contribution in [0.3, 0.4) is 0 Å². The second-order valence-corrected chi connectivity index (χ2v) is 5.11. The number of alkyl halides is 3. The minimum atomic E-state index is -4.64. The van der Waals surface area contributed by atoms with Crippen molar-refractivity contribution in [2.24, 2.45) is 0 Å². The number of hydrogen-bond acceptors (Lipinski definition) is 2. The van der Waals surface area contributed by atoms with Crippen LogP contribution in [0.15, 0.2) is 46.9 Å². The highest BCUT2D eigenvalue weighted by Crippen LogP contribution is 2.34. The molecule has 110 valence electrons. The summed E-state index contributed by atoms with van der Waals surface area (Å²) >= 11 is 2.95. The van der Waals surface area contributed by atoms with Gasteiger partial charge in [-0.05, 0) is 30.3 Å². The molecule has 0 saturated heterocycles. The number of hydrogen-bond donors (Lipinski definition) is 2. The third-order valence-electron chi connectivity index (χ3n) is 2.64. The molecule has 0 aliphatic rings. The lowest BCUT2D eigenvalue weighted by atomic mass is 10.1. The topological polar surface area (TPSA) is 49.3 Å². The lowest BCUT2D eigenvalue weighted by Gasteiger charge is -2.13. The van der Waals surface area contributed by atoms with E-state index in [4.69, 9.17) is 0 Å². The number of phenols is 1. The Labute approximate surface area is 126 Å². The molecule has 3 nitrogen and oxygen atoms in total. The van der Waals surface area contributed by atoms with Crippen LogP contribution in [0.1, 0.15) is 15.9 Å². The number of carbonyl (C=O) groups excluding carboxylic acids is 1. The molecule has 7 heteroatoms. The molecule has 0 atom stereocenters. The van der Waals surface area contributed by atoms with Crippen molar-refractivity contribution in [2.45, 2.75) is 6.18 Å². The van der Waals surface area contributed by atoms with Gasteiger partial charge in [-0.25, -0.2) is 0 Å². The maximum absolute atomic E-state index is 13.0. The van der Waals surface area contributed by atoms with Gasteiger partial charge in [-0.15, -0.1) is 0 Å². The summed E-state index contributed by atoms with van der Waals surface area (Å²) in [7, 11) is 0. The Morgan fingerprint density at radius 1 is 1.14 bits per heavy atom. The van der Waals surface area contributed by atoms with Crippen LogP contribution in [0.5, 0.6) is 5.75 Å². The van der Waals surface area contributed by atoms with E-state index in [9.17, 15) is 23.1 Å². The molecule has 0 bridgehead atoms. The Kier molecular flexibility index (Phi) is 4.22. The van der Waals surface area contributed by atoms with Crippen LogP contribution < -0.4 is 5.32 Å². The number of anilines is 1. The van der Waals surface area contributed by atoms with E-state index in [0.717, 1.165) is 12.1 Å². The third-order valence-corrected chi connectivity index (χ3v) is 3.13. The zero-order valence-corrected chi connectivity index (χ0v) is 12.0. The van der Waals surface area contributed by atoms with E-state index >= 15 is 0 Å². The largest absolute Gasteiger partial charge is 0.508 e. The second-order valence-electron chi connectivity index (χ2n) is 4.19. The second kappa shape index (κ2) is 5.77. The highest BCUT2D eigenvalue weighted by atomic mass is 79.9. The van der Waals surface area contributed by atoms with Gasteiger partial charge in [0.1, 0.15) is 5.75 Å². The van der Waals surface area contributed by atoms with Crippen molar-refractivity contribution in [1.82, 2.24) is 0 Å². The van der Waals surface area contributed by atoms with Gasteiger partial charge in [0, 0.05) is 16.2 Å². The number of benzene rings is 2. The normalized spacial score (nSPS) is 11.2. The Morgan fingerprint density at radius 3 is 2.48 bits per heavy atom. The van der Waals surface area contributed by atoms with E-state index in [1.54, 1.807) is 0 Å². The zero-order chi connectivity index (χ0) is 15.6. The summed E-state index contributed by atoms with van der Waals surface area (Å²) in [6.45, 7) is 0. The summed E-state index contributed by atoms with van der Waals surface area (Å²) in [5.41, 5.74) is -1.32. The smallest absolute Gasteiger partial charge is 0.417 e. The molecule has 21 heavy (non-hydrogen) atoms. The van der Waals surface area contributed by atoms with Gasteiger partial charge >= 0.3 is 6.18 Å². The van der Waals surface area contributed by atoms with Gasteiger partial charge in [0.15, 0.2) is 0 Å². The molecule has 0 heterocycles. The van der Waals surface area contributed by atoms with Crippen LogP contribution in [0.4, 0.5) is 18.9 Å². The van der Waals surface area contributed by atoms with Crippen LogP contribution >= 0.6 is 15.9 Å². The Bertz CT molecular complexity index is 686. The molecule has 0 radical (unpaired) electrons. The molecular formula is C14H9BrF3NO2. The van der Waals surface area contributed by atoms with Crippen molar-refractivity contribution in [1.29, 1.82) is 0 Å². The molecule has 0 spiro atoms. The number of nitrogens with one attached hydrogen (secondary N) is 1. The lowest BCUT2D eigenvalue weighted by molar-refractivity contribution is -0.137. The lowest BCUT2D eigenvalue weighted by Crippen LogP contribution is -2.18. The molecule has 0 saturated carbocycles. The molecule has 0 fully saturated rings. The first-order valence-electron chi connectivity index (χ1n) is 5.74. The van der Waals surface area contributed by atoms with E-state index in [0.29, 0.717) is 0 Å². The van der Waals surface area contributed by atoms with E-state index in [-0.39, 0.29) is 15.9 Å². The predicted octanol–water partition coefficient (Wildman–Crippen LogP) is 4.43. The number of amides is 1. The average molecular weight is 360 g/mol. The van der Waals surface area contributed by atoms with Crippen molar-refractivity contribution >= 4 is 27.5 Å². The van der Waals surface area contributed by atoms with Crippen LogP contribution in [0, 0.1) is 0 Å². The molecule has 0 aliphatic heterocycles. The summed E-state index contributed by atoms with van der Waals surface area (Å²) in [6.07, 6.45) is -4.64. The van der Waals surface area contributed by atoms with Crippen molar-refractivity contribution in [2.75, 3.05) is 5.32 Å². The van der Waals surface area contributed by atoms with Crippen LogP contribution in [-0.4, -0.2) is 11.0 Å². The monoisotopic (exact) mass is 359 g/mol. The summed E-state index contributed by atoms with van der Waals surface area (Å²) < 4.78 is 39.1. The van der Waals surface area contributed by atoms with Gasteiger partial charge in [0.25, 0.3) is 5.91 Å². The van der Waals surface area contributed by atoms with Crippen molar-refractivity contribution in [3.05, 3.63) is 58.1 Å². The minimum absolute atomic E-state index is 0.0975. The minimum Gasteiger partial charge on any atom is -0.508 e. The summed E-state index contributed by atoms with van der Waals surface area (Å²) in [4.78, 5) is 12.0. The first-order valence-corrected chi connectivity index (χ1v) is 6.54. The van der Waals surface area contributed by atoms with Gasteiger partial charge in [0.2, 0.25) is 0 Å². The SMILES string of the molecule is O=C(Nc1cccc(O)c1)c1ccc(Br)cc1C(F)(F)F. The first kappa shape index (κ1) is 15.4. The fraction of sp³-hybridized carbons (Fsp3) is 0.0714. The van der Waals surface area contributed by atoms with E-state index < -0.39 is 23.2 Å². The summed E-state index contributed by atoms with van der Waals surface area (Å²) in [5, 5.41) is 11.6. The molecule has 0 aliphatic carbocycles. The van der Waals surface area contributed by atoms with Gasteiger partial charge in [0.05, 0.1) is 11.1 Å². The maximum atomic E-state index is 13.0. The fourth-order valence-electron chi connectivity index (χ4n) is 1.73. The standard InChI is InChI=1S/C14H9BrF3NO2/c15-8-4-5-11(12(6-8)14(16,17)18)13(21)19-9-2-1-3-10(20)7-9/h1-7,20H,(H,19,21). The fourth-order valence-corrected chi connectivity index (χ4v) is 2.09. The van der Waals surface area contributed by atoms with Crippen molar-refractivity contribution in [3.63, 3.8) is 0 Å². The summed E-state index contributed by atoms with van der Waals surface area (Å²) in [5.74, 6) is -1.000. The maximum Gasteiger partial charge on any atom is 0.417 e. The molecule has 2 aromatic rings. The Morgan fingerprint density at radius 2 is 1.86 bits per heavy atom. The van der Waals surface area contributed by atoms with Crippen molar-refractivity contribution < 1.29 is 23.1 Å². The van der Waals surface area contributed by atoms with Gasteiger partial charge in [-0.2, -0.15) is 13.2 Å². The van der Waals surface area contributed by atoms with Crippen LogP contribution in [0.2, 0.25) is 0 Å². The number of phenolic OH excluding ortho intramolecular Hbond substituents is 1. The molecule has 0 aromatic heterocycles. The Balaban J connectivity index is 2.35. The van der Waals surface area contributed by atoms with E-state index in [1.165, 1.54) is 30.3 Å².